The van der Waals surface area contributed by atoms with Gasteiger partial charge in [-0.15, -0.1) is 0 Å². The minimum Gasteiger partial charge on any atom is -0.364 e. The topological polar surface area (TPSA) is 55.3 Å². The largest absolute Gasteiger partial charge is 0.364 e. The molecule has 1 saturated carbocycles. The number of hydrogen-bond acceptors (Lipinski definition) is 3. The number of nitrogens with zero attached hydrogens (tertiary/aromatic N) is 2. The van der Waals surface area contributed by atoms with Gasteiger partial charge in [-0.3, -0.25) is 4.40 Å². The zero-order valence-electron chi connectivity index (χ0n) is 9.89. The Bertz CT molecular complexity index is 511. The maximum Gasteiger partial charge on any atom is 0.138 e. The summed E-state index contributed by atoms with van der Waals surface area (Å²) >= 11 is 0. The molecule has 2 aromatic rings. The number of nitrogens with one attached hydrogen (secondary N) is 1. The van der Waals surface area contributed by atoms with Crippen molar-refractivity contribution in [1.82, 2.24) is 9.38 Å². The Morgan fingerprint density at radius 2 is 2.18 bits per heavy atom. The molecular weight excluding hydrogens is 212 g/mol. The fraction of sp³-hybridized carbons (Fsp3) is 0.462. The number of imidazole rings is 1. The third-order valence-electron chi connectivity index (χ3n) is 3.77. The first kappa shape index (κ1) is 10.6. The molecule has 0 aromatic carbocycles. The molecule has 0 atom stereocenters. The summed E-state index contributed by atoms with van der Waals surface area (Å²) in [6.45, 7) is 0.693. The van der Waals surface area contributed by atoms with E-state index in [1.54, 1.807) is 0 Å². The summed E-state index contributed by atoms with van der Waals surface area (Å²) in [5.41, 5.74) is 7.00. The molecule has 4 heteroatoms. The van der Waals surface area contributed by atoms with Crippen LogP contribution >= 0.6 is 0 Å². The van der Waals surface area contributed by atoms with E-state index in [-0.39, 0.29) is 5.54 Å². The number of fused-ring (bicyclic) bond motifs is 1. The summed E-state index contributed by atoms with van der Waals surface area (Å²) in [6.07, 6.45) is 8.67. The third kappa shape index (κ3) is 1.78. The van der Waals surface area contributed by atoms with Gasteiger partial charge in [0.1, 0.15) is 11.5 Å². The third-order valence-corrected chi connectivity index (χ3v) is 3.77. The Kier molecular flexibility index (Phi) is 2.52. The van der Waals surface area contributed by atoms with Crippen LogP contribution in [0.3, 0.4) is 0 Å². The van der Waals surface area contributed by atoms with Gasteiger partial charge in [0.2, 0.25) is 0 Å². The molecule has 1 aliphatic rings. The second-order valence-corrected chi connectivity index (χ2v) is 4.88. The van der Waals surface area contributed by atoms with Crippen LogP contribution in [-0.2, 0) is 0 Å². The Morgan fingerprint density at radius 3 is 2.94 bits per heavy atom. The standard InChI is InChI=1S/C13H18N4/c14-10-13(6-1-2-7-13)16-12-5-3-4-11-15-8-9-17(11)12/h3-5,8-9,16H,1-2,6-7,10,14H2. The van der Waals surface area contributed by atoms with E-state index in [0.717, 1.165) is 24.3 Å². The Hall–Kier alpha value is -1.55. The lowest BCUT2D eigenvalue weighted by molar-refractivity contribution is 0.490. The van der Waals surface area contributed by atoms with Crippen molar-refractivity contribution in [1.29, 1.82) is 0 Å². The molecule has 1 fully saturated rings. The molecular formula is C13H18N4. The number of hydrogen-bond donors (Lipinski definition) is 2. The van der Waals surface area contributed by atoms with Crippen molar-refractivity contribution in [2.45, 2.75) is 31.2 Å². The summed E-state index contributed by atoms with van der Waals surface area (Å²) in [4.78, 5) is 4.29. The Balaban J connectivity index is 1.96. The summed E-state index contributed by atoms with van der Waals surface area (Å²) in [5, 5.41) is 3.63. The lowest BCUT2D eigenvalue weighted by Crippen LogP contribution is -2.43. The maximum atomic E-state index is 5.95. The minimum atomic E-state index is 0.0819. The van der Waals surface area contributed by atoms with Gasteiger partial charge < -0.3 is 11.1 Å². The first-order chi connectivity index (χ1) is 8.33. The highest BCUT2D eigenvalue weighted by Crippen LogP contribution is 2.32. The molecule has 17 heavy (non-hydrogen) atoms. The van der Waals surface area contributed by atoms with Crippen LogP contribution < -0.4 is 11.1 Å². The second-order valence-electron chi connectivity index (χ2n) is 4.88. The SMILES string of the molecule is NCC1(Nc2cccc3nccn23)CCCC1. The molecule has 0 saturated heterocycles. The zero-order chi connectivity index (χ0) is 11.7. The van der Waals surface area contributed by atoms with Crippen LogP contribution in [0.15, 0.2) is 30.6 Å². The lowest BCUT2D eigenvalue weighted by Gasteiger charge is -2.30. The normalized spacial score (nSPS) is 18.6. The number of anilines is 1. The molecule has 90 valence electrons. The molecule has 0 aliphatic heterocycles. The molecule has 4 nitrogen and oxygen atoms in total. The van der Waals surface area contributed by atoms with E-state index in [1.165, 1.54) is 12.8 Å². The van der Waals surface area contributed by atoms with E-state index in [9.17, 15) is 0 Å². The average molecular weight is 230 g/mol. The summed E-state index contributed by atoms with van der Waals surface area (Å²) in [6, 6.07) is 6.13. The highest BCUT2D eigenvalue weighted by atomic mass is 15.1. The van der Waals surface area contributed by atoms with Gasteiger partial charge in [-0.05, 0) is 25.0 Å². The number of aromatic nitrogens is 2. The second kappa shape index (κ2) is 4.04. The van der Waals surface area contributed by atoms with Crippen LogP contribution in [0.25, 0.3) is 5.65 Å². The molecule has 0 bridgehead atoms. The van der Waals surface area contributed by atoms with Gasteiger partial charge in [0.25, 0.3) is 0 Å². The fourth-order valence-electron chi connectivity index (χ4n) is 2.75. The lowest BCUT2D eigenvalue weighted by atomic mass is 9.98. The van der Waals surface area contributed by atoms with Crippen molar-refractivity contribution in [2.75, 3.05) is 11.9 Å². The van der Waals surface area contributed by atoms with E-state index in [0.29, 0.717) is 6.54 Å². The number of pyridine rings is 1. The fourth-order valence-corrected chi connectivity index (χ4v) is 2.75. The first-order valence-electron chi connectivity index (χ1n) is 6.23. The van der Waals surface area contributed by atoms with Crippen molar-refractivity contribution in [2.24, 2.45) is 5.73 Å². The smallest absolute Gasteiger partial charge is 0.138 e. The van der Waals surface area contributed by atoms with Crippen LogP contribution in [0.1, 0.15) is 25.7 Å². The van der Waals surface area contributed by atoms with Gasteiger partial charge in [0, 0.05) is 18.9 Å². The van der Waals surface area contributed by atoms with Crippen molar-refractivity contribution in [3.05, 3.63) is 30.6 Å². The molecule has 2 heterocycles. The van der Waals surface area contributed by atoms with E-state index < -0.39 is 0 Å². The number of rotatable bonds is 3. The van der Waals surface area contributed by atoms with Gasteiger partial charge in [0.05, 0.1) is 5.54 Å². The van der Waals surface area contributed by atoms with Crippen molar-refractivity contribution < 1.29 is 0 Å². The van der Waals surface area contributed by atoms with Gasteiger partial charge in [-0.1, -0.05) is 18.9 Å². The molecule has 0 unspecified atom stereocenters. The summed E-state index contributed by atoms with van der Waals surface area (Å²) < 4.78 is 2.08. The Morgan fingerprint density at radius 1 is 1.35 bits per heavy atom. The predicted octanol–water partition coefficient (Wildman–Crippen LogP) is 2.02. The zero-order valence-corrected chi connectivity index (χ0v) is 9.89. The average Bonchev–Trinajstić information content (AvgIpc) is 2.98. The van der Waals surface area contributed by atoms with Crippen molar-refractivity contribution in [3.8, 4) is 0 Å². The van der Waals surface area contributed by atoms with Gasteiger partial charge in [0.15, 0.2) is 0 Å². The van der Waals surface area contributed by atoms with Crippen LogP contribution in [0.4, 0.5) is 5.82 Å². The van der Waals surface area contributed by atoms with Crippen LogP contribution in [0, 0.1) is 0 Å². The van der Waals surface area contributed by atoms with Crippen LogP contribution in [0.2, 0.25) is 0 Å². The monoisotopic (exact) mass is 230 g/mol. The van der Waals surface area contributed by atoms with Crippen molar-refractivity contribution >= 4 is 11.5 Å². The summed E-state index contributed by atoms with van der Waals surface area (Å²) in [5.74, 6) is 1.09. The first-order valence-corrected chi connectivity index (χ1v) is 6.23. The highest BCUT2D eigenvalue weighted by molar-refractivity contribution is 5.51. The van der Waals surface area contributed by atoms with E-state index in [2.05, 4.69) is 20.8 Å². The maximum absolute atomic E-state index is 5.95. The molecule has 1 aliphatic carbocycles. The molecule has 3 rings (SSSR count). The van der Waals surface area contributed by atoms with Crippen LogP contribution in [0.5, 0.6) is 0 Å². The number of nitrogens with two attached hydrogens (primary N) is 1. The minimum absolute atomic E-state index is 0.0819. The molecule has 2 aromatic heterocycles. The van der Waals surface area contributed by atoms with Gasteiger partial charge in [-0.2, -0.15) is 0 Å². The van der Waals surface area contributed by atoms with Crippen LogP contribution in [-0.4, -0.2) is 21.5 Å². The van der Waals surface area contributed by atoms with Gasteiger partial charge in [-0.25, -0.2) is 4.98 Å². The van der Waals surface area contributed by atoms with E-state index in [1.807, 2.05) is 24.5 Å². The summed E-state index contributed by atoms with van der Waals surface area (Å²) in [7, 11) is 0. The van der Waals surface area contributed by atoms with E-state index >= 15 is 0 Å². The molecule has 0 radical (unpaired) electrons. The Labute approximate surface area is 101 Å². The highest BCUT2D eigenvalue weighted by Gasteiger charge is 2.32. The quantitative estimate of drug-likeness (QED) is 0.848. The molecule has 3 N–H and O–H groups in total. The van der Waals surface area contributed by atoms with E-state index in [4.69, 9.17) is 5.73 Å². The molecule has 0 spiro atoms. The molecule has 0 amide bonds. The van der Waals surface area contributed by atoms with Gasteiger partial charge >= 0.3 is 0 Å². The predicted molar refractivity (Wildman–Crippen MR) is 69.1 cm³/mol. The van der Waals surface area contributed by atoms with Crippen molar-refractivity contribution in [3.63, 3.8) is 0 Å².